The van der Waals surface area contributed by atoms with E-state index >= 15 is 0 Å². The van der Waals surface area contributed by atoms with E-state index in [0.29, 0.717) is 0 Å². The van der Waals surface area contributed by atoms with Crippen molar-refractivity contribution in [2.24, 2.45) is 5.11 Å². The van der Waals surface area contributed by atoms with Crippen molar-refractivity contribution in [2.75, 3.05) is 26.4 Å². The molecule has 0 radical (unpaired) electrons. The topological polar surface area (TPSA) is 105 Å². The summed E-state index contributed by atoms with van der Waals surface area (Å²) in [4.78, 5) is 2.51. The molecule has 0 aliphatic rings. The molecule has 8 heteroatoms. The predicted octanol–water partition coefficient (Wildman–Crippen LogP) is 0.467. The third kappa shape index (κ3) is 9.34. The van der Waals surface area contributed by atoms with Gasteiger partial charge >= 0.3 is 11.4 Å². The normalized spacial score (nSPS) is 12.1. The third-order valence-electron chi connectivity index (χ3n) is 0.811. The van der Waals surface area contributed by atoms with Crippen LogP contribution < -0.4 is 0 Å². The molecule has 0 spiro atoms. The smallest absolute Gasteiger partial charge is 0.301 e. The van der Waals surface area contributed by atoms with E-state index < -0.39 is 11.4 Å². The monoisotopic (exact) mass is 195 g/mol. The first kappa shape index (κ1) is 11.3. The zero-order valence-electron chi connectivity index (χ0n) is 6.25. The van der Waals surface area contributed by atoms with Crippen LogP contribution in [0.2, 0.25) is 0 Å². The fraction of sp³-hybridized carbons (Fsp3) is 1.00. The fourth-order valence-corrected chi connectivity index (χ4v) is 0.627. The summed E-state index contributed by atoms with van der Waals surface area (Å²) in [6, 6.07) is 0. The van der Waals surface area contributed by atoms with Gasteiger partial charge in [-0.05, 0) is 5.53 Å². The lowest BCUT2D eigenvalue weighted by Gasteiger charge is -1.99. The van der Waals surface area contributed by atoms with Gasteiger partial charge in [0.25, 0.3) is 0 Å². The molecule has 0 fully saturated rings. The molecule has 0 rings (SSSR count). The SMILES string of the molecule is [N-]=[N+]=NCCOCCOS(=O)O. The first-order valence-electron chi connectivity index (χ1n) is 3.10. The molecule has 0 aromatic carbocycles. The fourth-order valence-electron chi connectivity index (χ4n) is 0.416. The van der Waals surface area contributed by atoms with E-state index in [4.69, 9.17) is 14.8 Å². The molecule has 0 saturated heterocycles. The Labute approximate surface area is 71.8 Å². The highest BCUT2D eigenvalue weighted by Crippen LogP contribution is 1.81. The maximum absolute atomic E-state index is 9.90. The summed E-state index contributed by atoms with van der Waals surface area (Å²) in [6.07, 6.45) is 0. The van der Waals surface area contributed by atoms with Crippen LogP contribution in [0.4, 0.5) is 0 Å². The zero-order chi connectivity index (χ0) is 9.23. The van der Waals surface area contributed by atoms with Crippen LogP contribution in [0.5, 0.6) is 0 Å². The van der Waals surface area contributed by atoms with Gasteiger partial charge in [-0.25, -0.2) is 0 Å². The minimum atomic E-state index is -2.24. The average Bonchev–Trinajstić information content (AvgIpc) is 2.02. The molecule has 0 amide bonds. The summed E-state index contributed by atoms with van der Waals surface area (Å²) in [5, 5.41) is 3.21. The molecule has 1 N–H and O–H groups in total. The number of nitrogens with zero attached hydrogens (tertiary/aromatic N) is 3. The van der Waals surface area contributed by atoms with E-state index in [1.807, 2.05) is 0 Å². The zero-order valence-corrected chi connectivity index (χ0v) is 7.07. The van der Waals surface area contributed by atoms with Gasteiger partial charge in [0.2, 0.25) is 0 Å². The Balaban J connectivity index is 3.00. The van der Waals surface area contributed by atoms with Gasteiger partial charge in [0, 0.05) is 11.5 Å². The van der Waals surface area contributed by atoms with Gasteiger partial charge in [-0.3, -0.25) is 8.74 Å². The summed E-state index contributed by atoms with van der Waals surface area (Å²) in [5.41, 5.74) is 7.85. The van der Waals surface area contributed by atoms with Crippen molar-refractivity contribution in [3.8, 4) is 0 Å². The Morgan fingerprint density at radius 3 is 2.83 bits per heavy atom. The first-order chi connectivity index (χ1) is 5.77. The van der Waals surface area contributed by atoms with Crippen molar-refractivity contribution in [1.29, 1.82) is 0 Å². The molecule has 7 nitrogen and oxygen atoms in total. The molecule has 1 unspecified atom stereocenters. The number of ether oxygens (including phenoxy) is 1. The van der Waals surface area contributed by atoms with Crippen molar-refractivity contribution in [2.45, 2.75) is 0 Å². The average molecular weight is 195 g/mol. The van der Waals surface area contributed by atoms with E-state index in [1.165, 1.54) is 0 Å². The van der Waals surface area contributed by atoms with E-state index in [1.54, 1.807) is 0 Å². The maximum Gasteiger partial charge on any atom is 0.301 e. The molecule has 0 bridgehead atoms. The minimum absolute atomic E-state index is 0.0411. The highest BCUT2D eigenvalue weighted by atomic mass is 32.2. The van der Waals surface area contributed by atoms with Crippen LogP contribution in [0.25, 0.3) is 10.4 Å². The van der Waals surface area contributed by atoms with Crippen molar-refractivity contribution in [3.05, 3.63) is 10.4 Å². The van der Waals surface area contributed by atoms with Crippen LogP contribution in [0.1, 0.15) is 0 Å². The van der Waals surface area contributed by atoms with Crippen molar-refractivity contribution in [3.63, 3.8) is 0 Å². The molecule has 12 heavy (non-hydrogen) atoms. The van der Waals surface area contributed by atoms with Crippen molar-refractivity contribution in [1.82, 2.24) is 0 Å². The van der Waals surface area contributed by atoms with Gasteiger partial charge in [0.05, 0.1) is 19.8 Å². The molecule has 0 aliphatic heterocycles. The summed E-state index contributed by atoms with van der Waals surface area (Å²) >= 11 is -2.24. The largest absolute Gasteiger partial charge is 0.379 e. The van der Waals surface area contributed by atoms with Crippen LogP contribution in [0.15, 0.2) is 5.11 Å². The highest BCUT2D eigenvalue weighted by Gasteiger charge is 1.92. The third-order valence-corrected chi connectivity index (χ3v) is 1.18. The highest BCUT2D eigenvalue weighted by molar-refractivity contribution is 7.74. The number of hydrogen-bond acceptors (Lipinski definition) is 4. The quantitative estimate of drug-likeness (QED) is 0.209. The molecule has 70 valence electrons. The molecule has 0 aromatic heterocycles. The Bertz CT molecular complexity index is 175. The lowest BCUT2D eigenvalue weighted by atomic mass is 10.7. The summed E-state index contributed by atoms with van der Waals surface area (Å²) in [6.45, 7) is 0.775. The van der Waals surface area contributed by atoms with Crippen molar-refractivity contribution < 1.29 is 17.7 Å². The van der Waals surface area contributed by atoms with E-state index in [-0.39, 0.29) is 26.4 Å². The van der Waals surface area contributed by atoms with Crippen LogP contribution in [-0.2, 0) is 20.3 Å². The van der Waals surface area contributed by atoms with Gasteiger partial charge in [-0.15, -0.1) is 0 Å². The van der Waals surface area contributed by atoms with Gasteiger partial charge in [0.1, 0.15) is 0 Å². The summed E-state index contributed by atoms with van der Waals surface area (Å²) in [5.74, 6) is 0. The Morgan fingerprint density at radius 2 is 2.25 bits per heavy atom. The molecule has 0 saturated carbocycles. The maximum atomic E-state index is 9.90. The second-order valence-electron chi connectivity index (χ2n) is 1.61. The van der Waals surface area contributed by atoms with Crippen LogP contribution in [-0.4, -0.2) is 35.1 Å². The predicted molar refractivity (Wildman–Crippen MR) is 41.6 cm³/mol. The minimum Gasteiger partial charge on any atom is -0.379 e. The Hall–Kier alpha value is -0.660. The molecular weight excluding hydrogens is 186 g/mol. The lowest BCUT2D eigenvalue weighted by molar-refractivity contribution is 0.107. The van der Waals surface area contributed by atoms with Crippen LogP contribution >= 0.6 is 0 Å². The lowest BCUT2D eigenvalue weighted by Crippen LogP contribution is -2.07. The molecule has 0 heterocycles. The second kappa shape index (κ2) is 8.44. The summed E-state index contributed by atoms with van der Waals surface area (Å²) in [7, 11) is 0. The number of hydrogen-bond donors (Lipinski definition) is 1. The Morgan fingerprint density at radius 1 is 1.50 bits per heavy atom. The van der Waals surface area contributed by atoms with Crippen LogP contribution in [0, 0.1) is 0 Å². The number of azide groups is 1. The first-order valence-corrected chi connectivity index (χ1v) is 4.13. The number of rotatable bonds is 7. The molecule has 0 aliphatic carbocycles. The Kier molecular flexibility index (Phi) is 7.97. The van der Waals surface area contributed by atoms with E-state index in [2.05, 4.69) is 14.2 Å². The molecule has 1 atom stereocenters. The second-order valence-corrected chi connectivity index (χ2v) is 2.28. The van der Waals surface area contributed by atoms with E-state index in [9.17, 15) is 4.21 Å². The van der Waals surface area contributed by atoms with Gasteiger partial charge in [-0.2, -0.15) is 4.21 Å². The molecular formula is C4H9N3O4S. The van der Waals surface area contributed by atoms with Gasteiger partial charge < -0.3 is 4.74 Å². The standard InChI is InChI=1S/C4H9N3O4S/c5-7-6-1-2-10-3-4-11-12(8)9/h1-4H2,(H,8,9). The van der Waals surface area contributed by atoms with E-state index in [0.717, 1.165) is 0 Å². The van der Waals surface area contributed by atoms with Crippen LogP contribution in [0.3, 0.4) is 0 Å². The van der Waals surface area contributed by atoms with Gasteiger partial charge in [0.15, 0.2) is 0 Å². The van der Waals surface area contributed by atoms with Crippen molar-refractivity contribution >= 4 is 11.4 Å². The molecule has 0 aromatic rings. The van der Waals surface area contributed by atoms with Gasteiger partial charge in [-0.1, -0.05) is 5.11 Å². The summed E-state index contributed by atoms with van der Waals surface area (Å²) < 4.78 is 27.1.